The molecule has 4 heteroatoms. The van der Waals surface area contributed by atoms with E-state index in [0.717, 1.165) is 6.54 Å². The topological polar surface area (TPSA) is 43.3 Å². The first-order valence-electron chi connectivity index (χ1n) is 5.24. The monoisotopic (exact) mass is 210 g/mol. The van der Waals surface area contributed by atoms with Crippen molar-refractivity contribution in [2.45, 2.75) is 26.5 Å². The summed E-state index contributed by atoms with van der Waals surface area (Å²) >= 11 is 0. The van der Waals surface area contributed by atoms with Gasteiger partial charge in [0.05, 0.1) is 0 Å². The van der Waals surface area contributed by atoms with Crippen molar-refractivity contribution in [1.82, 2.24) is 9.88 Å². The Morgan fingerprint density at radius 2 is 2.13 bits per heavy atom. The van der Waals surface area contributed by atoms with Gasteiger partial charge in [0.15, 0.2) is 0 Å². The van der Waals surface area contributed by atoms with Gasteiger partial charge in [0.25, 0.3) is 0 Å². The van der Waals surface area contributed by atoms with Gasteiger partial charge in [0.2, 0.25) is 5.91 Å². The number of hydrogen-bond donors (Lipinski definition) is 1. The van der Waals surface area contributed by atoms with Gasteiger partial charge in [-0.05, 0) is 26.0 Å². The first-order chi connectivity index (χ1) is 7.24. The van der Waals surface area contributed by atoms with Crippen LogP contribution in [0.25, 0.3) is 0 Å². The van der Waals surface area contributed by atoms with Crippen LogP contribution in [0.3, 0.4) is 0 Å². The molecule has 0 radical (unpaired) electrons. The lowest BCUT2D eigenvalue weighted by Crippen LogP contribution is -2.36. The minimum absolute atomic E-state index is 0.0518. The lowest BCUT2D eigenvalue weighted by Gasteiger charge is -2.12. The first-order valence-corrected chi connectivity index (χ1v) is 5.24. The lowest BCUT2D eigenvalue weighted by molar-refractivity contribution is -0.131. The van der Waals surface area contributed by atoms with Gasteiger partial charge >= 0.3 is 0 Å². The maximum Gasteiger partial charge on any atom is 0.248 e. The molecule has 1 amide bonds. The Bertz CT molecular complexity index is 283. The van der Waals surface area contributed by atoms with Gasteiger partial charge in [-0.15, -0.1) is 0 Å². The molecule has 0 aliphatic heterocycles. The molecule has 0 aromatic carbocycles. The maximum absolute atomic E-state index is 11.4. The second kappa shape index (κ2) is 6.24. The third-order valence-electron chi connectivity index (χ3n) is 2.12. The highest BCUT2D eigenvalue weighted by Gasteiger charge is 2.10. The van der Waals surface area contributed by atoms with Crippen LogP contribution in [0.5, 0.6) is 0 Å². The summed E-state index contributed by atoms with van der Waals surface area (Å²) in [5.41, 5.74) is 0. The third kappa shape index (κ3) is 4.16. The quantitative estimate of drug-likeness (QED) is 0.762. The summed E-state index contributed by atoms with van der Waals surface area (Å²) < 4.78 is 7.19. The minimum Gasteiger partial charge on any atom is -0.369 e. The molecule has 84 valence electrons. The van der Waals surface area contributed by atoms with Crippen molar-refractivity contribution >= 4 is 5.91 Å². The summed E-state index contributed by atoms with van der Waals surface area (Å²) in [6, 6.07) is 3.93. The molecule has 0 spiro atoms. The van der Waals surface area contributed by atoms with Gasteiger partial charge in [-0.1, -0.05) is 0 Å². The van der Waals surface area contributed by atoms with E-state index in [-0.39, 0.29) is 12.0 Å². The molecule has 4 nitrogen and oxygen atoms in total. The Kier molecular flexibility index (Phi) is 4.90. The standard InChI is InChI=1S/C11H18N2O2/c1-3-15-10(2)11(14)12-6-9-13-7-4-5-8-13/h4-5,7-8,10H,3,6,9H2,1-2H3,(H,12,14)/t10-/m0/s1. The van der Waals surface area contributed by atoms with Gasteiger partial charge in [0, 0.05) is 32.1 Å². The SMILES string of the molecule is CCO[C@@H](C)C(=O)NCCn1cccc1. The molecule has 0 unspecified atom stereocenters. The zero-order valence-electron chi connectivity index (χ0n) is 9.27. The van der Waals surface area contributed by atoms with Crippen LogP contribution in [0.4, 0.5) is 0 Å². The summed E-state index contributed by atoms with van der Waals surface area (Å²) in [4.78, 5) is 11.4. The number of ether oxygens (including phenoxy) is 1. The fourth-order valence-corrected chi connectivity index (χ4v) is 1.30. The molecule has 1 atom stereocenters. The van der Waals surface area contributed by atoms with Gasteiger partial charge in [-0.25, -0.2) is 0 Å². The maximum atomic E-state index is 11.4. The summed E-state index contributed by atoms with van der Waals surface area (Å²) in [5.74, 6) is -0.0518. The fraction of sp³-hybridized carbons (Fsp3) is 0.545. The Hall–Kier alpha value is -1.29. The van der Waals surface area contributed by atoms with E-state index in [1.54, 1.807) is 6.92 Å². The minimum atomic E-state index is -0.361. The average Bonchev–Trinajstić information content (AvgIpc) is 2.71. The summed E-state index contributed by atoms with van der Waals surface area (Å²) in [5, 5.41) is 2.82. The molecule has 0 saturated carbocycles. The smallest absolute Gasteiger partial charge is 0.248 e. The molecule has 0 aliphatic carbocycles. The van der Waals surface area contributed by atoms with Crippen molar-refractivity contribution in [2.24, 2.45) is 0 Å². The highest BCUT2D eigenvalue weighted by atomic mass is 16.5. The molecule has 1 heterocycles. The normalized spacial score (nSPS) is 12.4. The van der Waals surface area contributed by atoms with E-state index < -0.39 is 0 Å². The summed E-state index contributed by atoms with van der Waals surface area (Å²) in [7, 11) is 0. The largest absolute Gasteiger partial charge is 0.369 e. The van der Waals surface area contributed by atoms with E-state index in [2.05, 4.69) is 5.32 Å². The number of nitrogens with one attached hydrogen (secondary N) is 1. The summed E-state index contributed by atoms with van der Waals surface area (Å²) in [6.45, 7) is 5.62. The second-order valence-corrected chi connectivity index (χ2v) is 3.31. The van der Waals surface area contributed by atoms with Crippen LogP contribution in [0.2, 0.25) is 0 Å². The Balaban J connectivity index is 2.17. The van der Waals surface area contributed by atoms with Crippen LogP contribution in [-0.4, -0.2) is 29.7 Å². The van der Waals surface area contributed by atoms with Crippen molar-refractivity contribution in [1.29, 1.82) is 0 Å². The zero-order chi connectivity index (χ0) is 11.1. The number of carbonyl (C=O) groups is 1. The van der Waals surface area contributed by atoms with Gasteiger partial charge in [-0.3, -0.25) is 4.79 Å². The first kappa shape index (κ1) is 11.8. The van der Waals surface area contributed by atoms with E-state index in [1.807, 2.05) is 36.0 Å². The van der Waals surface area contributed by atoms with Crippen LogP contribution < -0.4 is 5.32 Å². The van der Waals surface area contributed by atoms with Crippen molar-refractivity contribution in [3.05, 3.63) is 24.5 Å². The molecule has 15 heavy (non-hydrogen) atoms. The molecule has 0 aliphatic rings. The van der Waals surface area contributed by atoms with Crippen LogP contribution in [0, 0.1) is 0 Å². The van der Waals surface area contributed by atoms with E-state index >= 15 is 0 Å². The zero-order valence-corrected chi connectivity index (χ0v) is 9.27. The summed E-state index contributed by atoms with van der Waals surface area (Å²) in [6.07, 6.45) is 3.58. The van der Waals surface area contributed by atoms with E-state index in [0.29, 0.717) is 13.2 Å². The second-order valence-electron chi connectivity index (χ2n) is 3.31. The van der Waals surface area contributed by atoms with Crippen molar-refractivity contribution in [2.75, 3.05) is 13.2 Å². The Morgan fingerprint density at radius 1 is 1.47 bits per heavy atom. The third-order valence-corrected chi connectivity index (χ3v) is 2.12. The highest BCUT2D eigenvalue weighted by Crippen LogP contribution is 1.91. The van der Waals surface area contributed by atoms with Crippen LogP contribution in [0.15, 0.2) is 24.5 Å². The highest BCUT2D eigenvalue weighted by molar-refractivity contribution is 5.80. The van der Waals surface area contributed by atoms with Crippen LogP contribution >= 0.6 is 0 Å². The van der Waals surface area contributed by atoms with Crippen LogP contribution in [0.1, 0.15) is 13.8 Å². The predicted octanol–water partition coefficient (Wildman–Crippen LogP) is 1.03. The molecular weight excluding hydrogens is 192 g/mol. The predicted molar refractivity (Wildman–Crippen MR) is 58.5 cm³/mol. The molecule has 0 bridgehead atoms. The number of hydrogen-bond acceptors (Lipinski definition) is 2. The number of aromatic nitrogens is 1. The van der Waals surface area contributed by atoms with Crippen molar-refractivity contribution in [3.63, 3.8) is 0 Å². The number of rotatable bonds is 6. The molecule has 1 rings (SSSR count). The molecule has 1 aromatic rings. The fourth-order valence-electron chi connectivity index (χ4n) is 1.30. The molecule has 1 aromatic heterocycles. The molecular formula is C11H18N2O2. The van der Waals surface area contributed by atoms with E-state index in [4.69, 9.17) is 4.74 Å². The Labute approximate surface area is 90.2 Å². The number of carbonyl (C=O) groups excluding carboxylic acids is 1. The van der Waals surface area contributed by atoms with Crippen molar-refractivity contribution in [3.8, 4) is 0 Å². The van der Waals surface area contributed by atoms with Crippen molar-refractivity contribution < 1.29 is 9.53 Å². The number of amides is 1. The average molecular weight is 210 g/mol. The molecule has 0 saturated heterocycles. The number of nitrogens with zero attached hydrogens (tertiary/aromatic N) is 1. The van der Waals surface area contributed by atoms with E-state index in [9.17, 15) is 4.79 Å². The molecule has 1 N–H and O–H groups in total. The Morgan fingerprint density at radius 3 is 2.73 bits per heavy atom. The van der Waals surface area contributed by atoms with Crippen LogP contribution in [-0.2, 0) is 16.1 Å². The van der Waals surface area contributed by atoms with Gasteiger partial charge in [0.1, 0.15) is 6.10 Å². The van der Waals surface area contributed by atoms with Gasteiger partial charge in [-0.2, -0.15) is 0 Å². The van der Waals surface area contributed by atoms with E-state index in [1.165, 1.54) is 0 Å². The molecule has 0 fully saturated rings. The lowest BCUT2D eigenvalue weighted by atomic mass is 10.3. The van der Waals surface area contributed by atoms with Gasteiger partial charge < -0.3 is 14.6 Å².